The monoisotopic (exact) mass is 970 g/mol. The van der Waals surface area contributed by atoms with Crippen LogP contribution in [-0.2, 0) is 24.4 Å². The van der Waals surface area contributed by atoms with Gasteiger partial charge in [0.1, 0.15) is 17.5 Å². The fourth-order valence-corrected chi connectivity index (χ4v) is 14.8. The number of carbonyl (C=O) groups is 5. The number of aromatic nitrogens is 3. The SMILES string of the molecule is C[C@@]1(O)CCC[C@H]1n1c(=O)ccc2cnc(NC3CCN(S(=O)(=O)C4CCN(C5CC6(C5)CN(C(=O)C5CCN(c7cc8c(cc7F)C(=O)N(C7CCC(=O)NC7=O)C8=O)CC5)C6)CC4)CC3)nc21. The van der Waals surface area contributed by atoms with Crippen molar-refractivity contribution >= 4 is 62.2 Å². The number of likely N-dealkylation sites (tertiary alicyclic amines) is 2. The van der Waals surface area contributed by atoms with Crippen LogP contribution in [0.25, 0.3) is 11.0 Å². The van der Waals surface area contributed by atoms with E-state index in [2.05, 4.69) is 20.5 Å². The van der Waals surface area contributed by atoms with Gasteiger partial charge < -0.3 is 25.1 Å². The van der Waals surface area contributed by atoms with E-state index < -0.39 is 56.4 Å². The summed E-state index contributed by atoms with van der Waals surface area (Å²) in [6.07, 6.45) is 9.14. The van der Waals surface area contributed by atoms with Crippen LogP contribution in [0.2, 0.25) is 0 Å². The molecule has 19 nitrogen and oxygen atoms in total. The van der Waals surface area contributed by atoms with Crippen molar-refractivity contribution in [2.24, 2.45) is 11.3 Å². The van der Waals surface area contributed by atoms with Gasteiger partial charge in [0.05, 0.1) is 33.7 Å². The number of rotatable bonds is 9. The van der Waals surface area contributed by atoms with Crippen LogP contribution in [0.4, 0.5) is 16.0 Å². The molecule has 2 aliphatic carbocycles. The maximum absolute atomic E-state index is 15.5. The van der Waals surface area contributed by atoms with Crippen molar-refractivity contribution in [2.45, 2.75) is 125 Å². The molecule has 6 aliphatic heterocycles. The standard InChI is InChI=1S/C48H59FN10O9S/c1-47(66)14-2-3-38(47)59-40(61)7-4-29-25-50-46(53-41(29)59)51-30-10-19-57(20-11-30)69(67,68)32-12-17-54(18-13-32)31-23-48(24-31)26-56(27-48)43(63)28-8-15-55(16-9-28)37-22-34-33(21-35(37)49)44(64)58(45(34)65)36-5-6-39(60)52-42(36)62/h4,7,21-22,25,28,30-32,36,38,66H,2-3,5-6,8-20,23-24,26-27H2,1H3,(H,50,51,53)(H,52,60,62)/t36?,38-,47-/m1/s1. The molecule has 368 valence electrons. The molecule has 5 saturated heterocycles. The van der Waals surface area contributed by atoms with Crippen LogP contribution in [0.3, 0.4) is 0 Å². The number of fused-ring (bicyclic) bond motifs is 2. The first-order valence-corrected chi connectivity index (χ1v) is 26.2. The minimum absolute atomic E-state index is 0.00922. The van der Waals surface area contributed by atoms with Gasteiger partial charge in [0.15, 0.2) is 0 Å². The molecular weight excluding hydrogens is 912 g/mol. The molecule has 0 bridgehead atoms. The molecule has 8 heterocycles. The van der Waals surface area contributed by atoms with Crippen LogP contribution < -0.4 is 21.1 Å². The number of aliphatic hydroxyl groups is 1. The maximum Gasteiger partial charge on any atom is 0.262 e. The Bertz CT molecular complexity index is 2800. The van der Waals surface area contributed by atoms with Gasteiger partial charge in [-0.1, -0.05) is 0 Å². The van der Waals surface area contributed by atoms with Crippen LogP contribution in [0.15, 0.2) is 35.3 Å². The third-order valence-corrected chi connectivity index (χ3v) is 19.2. The summed E-state index contributed by atoms with van der Waals surface area (Å²) in [5, 5.41) is 16.9. The lowest BCUT2D eigenvalue weighted by Gasteiger charge is -2.62. The number of anilines is 2. The minimum Gasteiger partial charge on any atom is -0.388 e. The summed E-state index contributed by atoms with van der Waals surface area (Å²) in [7, 11) is -3.49. The number of imide groups is 2. The number of hydrogen-bond donors (Lipinski definition) is 3. The lowest BCUT2D eigenvalue weighted by atomic mass is 9.60. The second-order valence-electron chi connectivity index (χ2n) is 21.2. The van der Waals surface area contributed by atoms with Crippen LogP contribution >= 0.6 is 0 Å². The largest absolute Gasteiger partial charge is 0.388 e. The first kappa shape index (κ1) is 46.0. The zero-order chi connectivity index (χ0) is 48.1. The van der Waals surface area contributed by atoms with E-state index in [1.54, 1.807) is 33.0 Å². The summed E-state index contributed by atoms with van der Waals surface area (Å²) in [5.74, 6) is -3.05. The van der Waals surface area contributed by atoms with E-state index in [1.807, 2.05) is 4.90 Å². The third kappa shape index (κ3) is 8.09. The molecule has 3 atom stereocenters. The van der Waals surface area contributed by atoms with Crippen molar-refractivity contribution in [1.82, 2.24) is 38.9 Å². The number of benzene rings is 1. The fourth-order valence-electron chi connectivity index (χ4n) is 12.9. The molecule has 0 radical (unpaired) electrons. The van der Waals surface area contributed by atoms with E-state index in [0.717, 1.165) is 43.3 Å². The Morgan fingerprint density at radius 1 is 0.884 bits per heavy atom. The number of amides is 5. The Kier molecular flexibility index (Phi) is 11.5. The molecule has 11 rings (SSSR count). The molecule has 2 aromatic heterocycles. The molecular formula is C48H59FN10O9S. The number of nitrogens with zero attached hydrogens (tertiary/aromatic N) is 8. The van der Waals surface area contributed by atoms with E-state index in [-0.39, 0.29) is 64.5 Å². The first-order chi connectivity index (χ1) is 33.0. The summed E-state index contributed by atoms with van der Waals surface area (Å²) in [4.78, 5) is 93.5. The Morgan fingerprint density at radius 3 is 2.25 bits per heavy atom. The van der Waals surface area contributed by atoms with Gasteiger partial charge >= 0.3 is 0 Å². The van der Waals surface area contributed by atoms with Crippen LogP contribution in [0.5, 0.6) is 0 Å². The predicted octanol–water partition coefficient (Wildman–Crippen LogP) is 2.39. The van der Waals surface area contributed by atoms with Gasteiger partial charge in [-0.05, 0) is 115 Å². The number of piperidine rings is 4. The highest BCUT2D eigenvalue weighted by atomic mass is 32.2. The summed E-state index contributed by atoms with van der Waals surface area (Å²) in [6.45, 7) is 6.21. The van der Waals surface area contributed by atoms with Crippen molar-refractivity contribution in [3.05, 3.63) is 57.8 Å². The van der Waals surface area contributed by atoms with Crippen molar-refractivity contribution in [3.63, 3.8) is 0 Å². The maximum atomic E-state index is 15.5. The summed E-state index contributed by atoms with van der Waals surface area (Å²) in [6, 6.07) is 4.42. The van der Waals surface area contributed by atoms with Crippen LogP contribution in [-0.4, -0.2) is 158 Å². The average molecular weight is 971 g/mol. The minimum atomic E-state index is -3.49. The number of sulfonamides is 1. The quantitative estimate of drug-likeness (QED) is 0.262. The molecule has 69 heavy (non-hydrogen) atoms. The van der Waals surface area contributed by atoms with E-state index in [4.69, 9.17) is 4.98 Å². The zero-order valence-electron chi connectivity index (χ0n) is 38.8. The van der Waals surface area contributed by atoms with Gasteiger partial charge in [0, 0.05) is 86.8 Å². The van der Waals surface area contributed by atoms with Crippen LogP contribution in [0.1, 0.15) is 117 Å². The highest BCUT2D eigenvalue weighted by molar-refractivity contribution is 7.89. The smallest absolute Gasteiger partial charge is 0.262 e. The molecule has 3 N–H and O–H groups in total. The zero-order valence-corrected chi connectivity index (χ0v) is 39.6. The Balaban J connectivity index is 0.616. The molecule has 21 heteroatoms. The fraction of sp³-hybridized carbons (Fsp3) is 0.625. The second kappa shape index (κ2) is 17.2. The topological polar surface area (TPSA) is 228 Å². The first-order valence-electron chi connectivity index (χ1n) is 24.7. The lowest BCUT2D eigenvalue weighted by molar-refractivity contribution is -0.162. The van der Waals surface area contributed by atoms with Gasteiger partial charge in [0.25, 0.3) is 17.4 Å². The highest BCUT2D eigenvalue weighted by Gasteiger charge is 2.56. The van der Waals surface area contributed by atoms with Crippen molar-refractivity contribution in [1.29, 1.82) is 0 Å². The van der Waals surface area contributed by atoms with Crippen molar-refractivity contribution in [3.8, 4) is 0 Å². The molecule has 1 aromatic carbocycles. The van der Waals surface area contributed by atoms with Crippen molar-refractivity contribution < 1.29 is 41.9 Å². The molecule has 5 amide bonds. The lowest BCUT2D eigenvalue weighted by Crippen LogP contribution is -2.68. The molecule has 3 aromatic rings. The summed E-state index contributed by atoms with van der Waals surface area (Å²) >= 11 is 0. The predicted molar refractivity (Wildman–Crippen MR) is 249 cm³/mol. The summed E-state index contributed by atoms with van der Waals surface area (Å²) in [5.41, 5.74) is -0.575. The van der Waals surface area contributed by atoms with E-state index in [0.29, 0.717) is 114 Å². The number of nitrogens with one attached hydrogen (secondary N) is 2. The van der Waals surface area contributed by atoms with Gasteiger partial charge in [-0.25, -0.2) is 22.1 Å². The molecule has 1 spiro atoms. The average Bonchev–Trinajstić information content (AvgIpc) is 3.77. The Morgan fingerprint density at radius 2 is 1.58 bits per heavy atom. The number of hydrogen-bond acceptors (Lipinski definition) is 14. The summed E-state index contributed by atoms with van der Waals surface area (Å²) < 4.78 is 46.6. The molecule has 7 fully saturated rings. The molecule has 1 unspecified atom stereocenters. The number of halogens is 1. The second-order valence-corrected chi connectivity index (χ2v) is 23.4. The molecule has 2 saturated carbocycles. The Hall–Kier alpha value is -5.38. The molecule has 8 aliphatic rings. The van der Waals surface area contributed by atoms with Crippen molar-refractivity contribution in [2.75, 3.05) is 62.6 Å². The Labute approximate surface area is 398 Å². The highest BCUT2D eigenvalue weighted by Crippen LogP contribution is 2.51. The number of carbonyl (C=O) groups excluding carboxylic acids is 5. The normalized spacial score (nSPS) is 27.8. The van der Waals surface area contributed by atoms with Gasteiger partial charge in [-0.15, -0.1) is 0 Å². The van der Waals surface area contributed by atoms with Gasteiger partial charge in [-0.2, -0.15) is 4.98 Å². The van der Waals surface area contributed by atoms with E-state index in [1.165, 1.54) is 12.1 Å². The van der Waals surface area contributed by atoms with Gasteiger partial charge in [-0.3, -0.25) is 43.6 Å². The number of pyridine rings is 1. The van der Waals surface area contributed by atoms with E-state index in [9.17, 15) is 42.3 Å². The van der Waals surface area contributed by atoms with Gasteiger partial charge in [0.2, 0.25) is 33.7 Å². The van der Waals surface area contributed by atoms with Crippen LogP contribution in [0, 0.1) is 17.2 Å². The van der Waals surface area contributed by atoms with E-state index >= 15 is 4.39 Å². The third-order valence-electron chi connectivity index (χ3n) is 16.8.